The highest BCUT2D eigenvalue weighted by molar-refractivity contribution is 7.78. The van der Waals surface area contributed by atoms with Crippen LogP contribution in [0.4, 0.5) is 0 Å². The van der Waals surface area contributed by atoms with Gasteiger partial charge in [-0.3, -0.25) is 24.6 Å². The van der Waals surface area contributed by atoms with Crippen LogP contribution in [0.2, 0.25) is 0 Å². The molecule has 0 saturated carbocycles. The molecule has 8 N–H and O–H groups in total. The van der Waals surface area contributed by atoms with E-state index in [4.69, 9.17) is 11.6 Å². The Labute approximate surface area is 197 Å². The number of benzene rings is 1. The highest BCUT2D eigenvalue weighted by Gasteiger charge is 2.24. The Morgan fingerprint density at radius 3 is 2.67 bits per heavy atom. The number of aromatic hydroxyl groups is 1. The summed E-state index contributed by atoms with van der Waals surface area (Å²) >= 11 is 1.10. The van der Waals surface area contributed by atoms with Gasteiger partial charge in [0.25, 0.3) is 0 Å². The Balaban J connectivity index is 1.60. The van der Waals surface area contributed by atoms with Crippen molar-refractivity contribution in [2.45, 2.75) is 24.5 Å². The van der Waals surface area contributed by atoms with Crippen LogP contribution in [0.15, 0.2) is 17.2 Å². The molecule has 182 valence electrons. The molecule has 1 fully saturated rings. The molecule has 1 aliphatic heterocycles. The van der Waals surface area contributed by atoms with Crippen molar-refractivity contribution in [2.75, 3.05) is 52.3 Å². The SMILES string of the molecule is CNC[SH+]c1[nH]c2c(CN3CCN(C(=O)CCNC(=O)CON)CC3)c(O)ccc2c1CN. The summed E-state index contributed by atoms with van der Waals surface area (Å²) < 4.78 is 0. The van der Waals surface area contributed by atoms with Crippen molar-refractivity contribution in [3.05, 3.63) is 23.3 Å². The highest BCUT2D eigenvalue weighted by atomic mass is 32.2. The molecule has 0 spiro atoms. The van der Waals surface area contributed by atoms with Crippen molar-refractivity contribution in [3.8, 4) is 5.75 Å². The lowest BCUT2D eigenvalue weighted by molar-refractivity contribution is -0.133. The molecule has 1 saturated heterocycles. The molecule has 0 unspecified atom stereocenters. The van der Waals surface area contributed by atoms with E-state index in [0.717, 1.165) is 44.7 Å². The molecule has 1 aliphatic rings. The highest BCUT2D eigenvalue weighted by Crippen LogP contribution is 2.32. The average molecular weight is 481 g/mol. The second kappa shape index (κ2) is 12.2. The van der Waals surface area contributed by atoms with Crippen LogP contribution in [0.3, 0.4) is 0 Å². The van der Waals surface area contributed by atoms with Gasteiger partial charge in [0.2, 0.25) is 16.8 Å². The van der Waals surface area contributed by atoms with Gasteiger partial charge in [-0.2, -0.15) is 0 Å². The normalized spacial score (nSPS) is 14.7. The Morgan fingerprint density at radius 1 is 1.24 bits per heavy atom. The van der Waals surface area contributed by atoms with Gasteiger partial charge in [0.05, 0.1) is 5.52 Å². The Hall–Kier alpha value is -2.35. The number of phenolic OH excluding ortho intramolecular Hbond substituents is 1. The van der Waals surface area contributed by atoms with Crippen LogP contribution in [-0.2, 0) is 39.3 Å². The van der Waals surface area contributed by atoms with Gasteiger partial charge >= 0.3 is 0 Å². The molecule has 2 aromatic rings. The van der Waals surface area contributed by atoms with Crippen molar-refractivity contribution >= 4 is 34.5 Å². The minimum Gasteiger partial charge on any atom is -0.508 e. The lowest BCUT2D eigenvalue weighted by Gasteiger charge is -2.35. The molecule has 1 aromatic heterocycles. The molecule has 11 nitrogen and oxygen atoms in total. The summed E-state index contributed by atoms with van der Waals surface area (Å²) in [4.78, 5) is 35.6. The van der Waals surface area contributed by atoms with Crippen LogP contribution in [0, 0.1) is 0 Å². The van der Waals surface area contributed by atoms with Gasteiger partial charge in [-0.25, -0.2) is 5.90 Å². The van der Waals surface area contributed by atoms with Crippen LogP contribution in [0.1, 0.15) is 17.5 Å². The fraction of sp³-hybridized carbons (Fsp3) is 0.524. The van der Waals surface area contributed by atoms with Crippen molar-refractivity contribution in [1.29, 1.82) is 0 Å². The van der Waals surface area contributed by atoms with E-state index in [0.29, 0.717) is 39.3 Å². The first-order valence-corrected chi connectivity index (χ1v) is 12.0. The fourth-order valence-corrected chi connectivity index (χ4v) is 4.89. The van der Waals surface area contributed by atoms with Gasteiger partial charge in [-0.05, 0) is 19.2 Å². The molecule has 0 bridgehead atoms. The van der Waals surface area contributed by atoms with Gasteiger partial charge in [-0.15, -0.1) is 0 Å². The number of hydrogen-bond donors (Lipinski definition) is 6. The topological polar surface area (TPSA) is 162 Å². The van der Waals surface area contributed by atoms with Gasteiger partial charge in [0, 0.05) is 80.5 Å². The summed E-state index contributed by atoms with van der Waals surface area (Å²) in [5.41, 5.74) is 8.86. The van der Waals surface area contributed by atoms with E-state index < -0.39 is 0 Å². The number of hydrogen-bond acceptors (Lipinski definition) is 8. The maximum absolute atomic E-state index is 12.4. The summed E-state index contributed by atoms with van der Waals surface area (Å²) in [6.07, 6.45) is 0.232. The second-order valence-corrected chi connectivity index (χ2v) is 8.96. The minimum atomic E-state index is -0.347. The van der Waals surface area contributed by atoms with Crippen LogP contribution < -0.4 is 22.3 Å². The number of piperazine rings is 1. The molecule has 33 heavy (non-hydrogen) atoms. The number of fused-ring (bicyclic) bond motifs is 1. The molecule has 12 heteroatoms. The maximum Gasteiger partial charge on any atom is 0.248 e. The first kappa shape index (κ1) is 25.3. The summed E-state index contributed by atoms with van der Waals surface area (Å²) in [5.74, 6) is 5.56. The standard InChI is InChI=1S/C21H33N7O4S/c1-24-13-33-21-15(10-22)14-2-3-17(29)16(20(14)26-21)11-27-6-8-28(9-7-27)19(31)4-5-25-18(30)12-32-23/h2-3,24,26,29H,4-13,22-23H2,1H3,(H,25,30)/p+1. The van der Waals surface area contributed by atoms with Crippen LogP contribution in [0.25, 0.3) is 10.9 Å². The fourth-order valence-electron chi connectivity index (χ4n) is 3.98. The lowest BCUT2D eigenvalue weighted by Crippen LogP contribution is -2.48. The number of aromatic nitrogens is 1. The van der Waals surface area contributed by atoms with E-state index >= 15 is 0 Å². The number of nitrogens with zero attached hydrogens (tertiary/aromatic N) is 2. The number of H-pyrrole nitrogens is 1. The zero-order valence-electron chi connectivity index (χ0n) is 18.9. The number of amides is 2. The smallest absolute Gasteiger partial charge is 0.248 e. The Morgan fingerprint density at radius 2 is 2.00 bits per heavy atom. The number of thiol groups is 1. The quantitative estimate of drug-likeness (QED) is 0.132. The summed E-state index contributed by atoms with van der Waals surface area (Å²) in [6.45, 7) is 3.62. The van der Waals surface area contributed by atoms with Crippen LogP contribution in [0.5, 0.6) is 5.75 Å². The van der Waals surface area contributed by atoms with Crippen LogP contribution in [-0.4, -0.2) is 84.0 Å². The summed E-state index contributed by atoms with van der Waals surface area (Å²) in [5, 5.41) is 18.4. The predicted molar refractivity (Wildman–Crippen MR) is 128 cm³/mol. The number of nitrogens with two attached hydrogens (primary N) is 2. The third kappa shape index (κ3) is 6.37. The van der Waals surface area contributed by atoms with Gasteiger partial charge < -0.3 is 26.0 Å². The van der Waals surface area contributed by atoms with E-state index in [2.05, 4.69) is 25.4 Å². The predicted octanol–water partition coefficient (Wildman–Crippen LogP) is -1.28. The zero-order valence-corrected chi connectivity index (χ0v) is 19.8. The van der Waals surface area contributed by atoms with Gasteiger partial charge in [-0.1, -0.05) is 0 Å². The molecular formula is C21H34N7O4S+. The average Bonchev–Trinajstić information content (AvgIpc) is 3.17. The first-order chi connectivity index (χ1) is 16.0. The molecule has 1 aromatic carbocycles. The molecule has 0 aliphatic carbocycles. The molecule has 0 radical (unpaired) electrons. The monoisotopic (exact) mass is 480 g/mol. The van der Waals surface area contributed by atoms with E-state index in [9.17, 15) is 14.7 Å². The minimum absolute atomic E-state index is 0.00120. The van der Waals surface area contributed by atoms with E-state index in [1.807, 2.05) is 13.1 Å². The summed E-state index contributed by atoms with van der Waals surface area (Å²) in [6, 6.07) is 3.65. The maximum atomic E-state index is 12.4. The molecule has 3 rings (SSSR count). The van der Waals surface area contributed by atoms with Crippen molar-refractivity contribution < 1.29 is 19.5 Å². The number of rotatable bonds is 11. The van der Waals surface area contributed by atoms with Gasteiger partial charge in [0.1, 0.15) is 12.4 Å². The Bertz CT molecular complexity index is 960. The van der Waals surface area contributed by atoms with Crippen LogP contribution >= 0.6 is 0 Å². The third-order valence-corrected chi connectivity index (χ3v) is 6.90. The van der Waals surface area contributed by atoms with Gasteiger partial charge in [0.15, 0.2) is 5.88 Å². The lowest BCUT2D eigenvalue weighted by atomic mass is 10.1. The third-order valence-electron chi connectivity index (χ3n) is 5.72. The zero-order chi connectivity index (χ0) is 23.8. The van der Waals surface area contributed by atoms with Crippen molar-refractivity contribution in [2.24, 2.45) is 11.6 Å². The van der Waals surface area contributed by atoms with E-state index in [-0.39, 0.29) is 37.1 Å². The molecule has 0 atom stereocenters. The number of carbonyl (C=O) groups excluding carboxylic acids is 2. The molecule has 2 amide bonds. The number of phenols is 1. The van der Waals surface area contributed by atoms with Crippen molar-refractivity contribution in [1.82, 2.24) is 25.4 Å². The largest absolute Gasteiger partial charge is 0.508 e. The number of carbonyl (C=O) groups is 2. The summed E-state index contributed by atoms with van der Waals surface area (Å²) in [7, 11) is 1.91. The Kier molecular flexibility index (Phi) is 9.35. The van der Waals surface area contributed by atoms with E-state index in [1.54, 1.807) is 11.0 Å². The molecule has 2 heterocycles. The van der Waals surface area contributed by atoms with E-state index in [1.165, 1.54) is 0 Å². The second-order valence-electron chi connectivity index (χ2n) is 7.88. The number of aromatic amines is 1. The number of nitrogens with one attached hydrogen (secondary N) is 3. The first-order valence-electron chi connectivity index (χ1n) is 10.9. The molecular weight excluding hydrogens is 446 g/mol. The van der Waals surface area contributed by atoms with Crippen molar-refractivity contribution in [3.63, 3.8) is 0 Å².